The molecule has 166 valence electrons. The summed E-state index contributed by atoms with van der Waals surface area (Å²) in [5.41, 5.74) is -0.229. The Kier molecular flexibility index (Phi) is 6.68. The Morgan fingerprint density at radius 1 is 1.06 bits per heavy atom. The first-order valence-electron chi connectivity index (χ1n) is 9.19. The molecule has 0 saturated carbocycles. The fraction of sp³-hybridized carbons (Fsp3) is 0.238. The van der Waals surface area contributed by atoms with Crippen LogP contribution in [0.2, 0.25) is 5.02 Å². The molecule has 31 heavy (non-hydrogen) atoms. The van der Waals surface area contributed by atoms with Gasteiger partial charge >= 0.3 is 6.18 Å². The van der Waals surface area contributed by atoms with Crippen molar-refractivity contribution in [1.29, 1.82) is 0 Å². The molecular weight excluding hydrogens is 453 g/mol. The third-order valence-corrected chi connectivity index (χ3v) is 6.62. The molecule has 3 rings (SSSR count). The predicted octanol–water partition coefficient (Wildman–Crippen LogP) is 4.87. The van der Waals surface area contributed by atoms with E-state index in [0.717, 1.165) is 12.4 Å². The van der Waals surface area contributed by atoms with Gasteiger partial charge in [-0.2, -0.15) is 13.2 Å². The highest BCUT2D eigenvalue weighted by molar-refractivity contribution is 7.89. The molecule has 1 aliphatic heterocycles. The lowest BCUT2D eigenvalue weighted by atomic mass is 9.89. The minimum absolute atomic E-state index is 0.269. The van der Waals surface area contributed by atoms with E-state index in [0.29, 0.717) is 26.4 Å². The first-order valence-corrected chi connectivity index (χ1v) is 11.2. The molecule has 2 aromatic rings. The first kappa shape index (κ1) is 23.2. The van der Waals surface area contributed by atoms with Gasteiger partial charge in [-0.05, 0) is 43.5 Å². The maximum atomic E-state index is 12.6. The van der Waals surface area contributed by atoms with Crippen LogP contribution in [0.15, 0.2) is 73.1 Å². The number of hydrogen-bond acceptors (Lipinski definition) is 4. The summed E-state index contributed by atoms with van der Waals surface area (Å²) in [5, 5.41) is 3.51. The standard InChI is InChI=1S/C21H20ClF3N2O3S/c1-26-20(10-12-27(13-11-20)31(28,29)15-21(23,24)25)14-17-18(22)8-5-9-19(17)30-16-6-3-2-4-7-16/h2-13,26H,14-15H2,1H3. The lowest BCUT2D eigenvalue weighted by Gasteiger charge is -2.33. The molecule has 2 aromatic carbocycles. The van der Waals surface area contributed by atoms with Gasteiger partial charge in [0.15, 0.2) is 5.75 Å². The fourth-order valence-electron chi connectivity index (χ4n) is 3.07. The minimum Gasteiger partial charge on any atom is -0.457 e. The zero-order valence-electron chi connectivity index (χ0n) is 16.4. The van der Waals surface area contributed by atoms with Gasteiger partial charge in [-0.15, -0.1) is 0 Å². The normalized spacial score (nSPS) is 15.8. The van der Waals surface area contributed by atoms with Gasteiger partial charge in [0.25, 0.3) is 0 Å². The van der Waals surface area contributed by atoms with Crippen molar-refractivity contribution in [2.24, 2.45) is 0 Å². The molecule has 5 nitrogen and oxygen atoms in total. The molecular formula is C21H20ClF3N2O3S. The van der Waals surface area contributed by atoms with Gasteiger partial charge in [0.2, 0.25) is 10.0 Å². The molecule has 0 fully saturated rings. The Hall–Kier alpha value is -2.49. The summed E-state index contributed by atoms with van der Waals surface area (Å²) in [6, 6.07) is 14.3. The lowest BCUT2D eigenvalue weighted by Crippen LogP contribution is -2.44. The molecule has 0 spiro atoms. The van der Waals surface area contributed by atoms with Crippen LogP contribution >= 0.6 is 11.6 Å². The number of rotatable bonds is 7. The van der Waals surface area contributed by atoms with Crippen molar-refractivity contribution >= 4 is 21.6 Å². The number of likely N-dealkylation sites (N-methyl/N-ethyl adjacent to an activating group) is 1. The van der Waals surface area contributed by atoms with Gasteiger partial charge < -0.3 is 10.1 Å². The fourth-order valence-corrected chi connectivity index (χ4v) is 4.36. The summed E-state index contributed by atoms with van der Waals surface area (Å²) in [4.78, 5) is 0. The van der Waals surface area contributed by atoms with E-state index in [2.05, 4.69) is 5.32 Å². The van der Waals surface area contributed by atoms with Crippen LogP contribution in [-0.2, 0) is 16.4 Å². The number of alkyl halides is 3. The van der Waals surface area contributed by atoms with Crippen LogP contribution in [0.1, 0.15) is 5.56 Å². The largest absolute Gasteiger partial charge is 0.457 e. The van der Waals surface area contributed by atoms with Gasteiger partial charge in [-0.25, -0.2) is 8.42 Å². The molecule has 0 saturated heterocycles. The van der Waals surface area contributed by atoms with Crippen molar-refractivity contribution in [2.45, 2.75) is 18.1 Å². The SMILES string of the molecule is CNC1(Cc2c(Cl)cccc2Oc2ccccc2)C=CN(S(=O)(=O)CC(F)(F)F)C=C1. The smallest absolute Gasteiger partial charge is 0.404 e. The van der Waals surface area contributed by atoms with Crippen molar-refractivity contribution in [3.8, 4) is 11.5 Å². The van der Waals surface area contributed by atoms with E-state index in [1.54, 1.807) is 37.4 Å². The molecule has 0 aliphatic carbocycles. The van der Waals surface area contributed by atoms with Gasteiger partial charge in [-0.3, -0.25) is 4.31 Å². The maximum absolute atomic E-state index is 12.6. The number of para-hydroxylation sites is 1. The number of benzene rings is 2. The average molecular weight is 473 g/mol. The highest BCUT2D eigenvalue weighted by Gasteiger charge is 2.38. The van der Waals surface area contributed by atoms with Crippen LogP contribution in [0.3, 0.4) is 0 Å². The Balaban J connectivity index is 1.86. The van der Waals surface area contributed by atoms with Crippen LogP contribution in [0.25, 0.3) is 0 Å². The Morgan fingerprint density at radius 3 is 2.29 bits per heavy atom. The van der Waals surface area contributed by atoms with Gasteiger partial charge in [-0.1, -0.05) is 35.9 Å². The number of halogens is 4. The zero-order valence-corrected chi connectivity index (χ0v) is 18.0. The summed E-state index contributed by atoms with van der Waals surface area (Å²) in [6.07, 6.45) is 0.607. The van der Waals surface area contributed by atoms with E-state index >= 15 is 0 Å². The summed E-state index contributed by atoms with van der Waals surface area (Å²) < 4.78 is 68.3. The van der Waals surface area contributed by atoms with E-state index < -0.39 is 27.5 Å². The first-order chi connectivity index (χ1) is 14.5. The minimum atomic E-state index is -4.83. The summed E-state index contributed by atoms with van der Waals surface area (Å²) in [5.74, 6) is -0.813. The van der Waals surface area contributed by atoms with E-state index in [9.17, 15) is 21.6 Å². The van der Waals surface area contributed by atoms with E-state index in [1.807, 2.05) is 18.2 Å². The third kappa shape index (κ3) is 5.81. The predicted molar refractivity (Wildman–Crippen MR) is 113 cm³/mol. The van der Waals surface area contributed by atoms with Crippen LogP contribution in [0, 0.1) is 0 Å². The van der Waals surface area contributed by atoms with Gasteiger partial charge in [0.05, 0.1) is 5.54 Å². The second kappa shape index (κ2) is 8.94. The van der Waals surface area contributed by atoms with Crippen LogP contribution in [0.5, 0.6) is 11.5 Å². The molecule has 0 amide bonds. The van der Waals surface area contributed by atoms with Crippen molar-refractivity contribution in [1.82, 2.24) is 9.62 Å². The molecule has 0 radical (unpaired) electrons. The molecule has 1 aliphatic rings. The monoisotopic (exact) mass is 472 g/mol. The van der Waals surface area contributed by atoms with Crippen molar-refractivity contribution in [2.75, 3.05) is 12.8 Å². The second-order valence-electron chi connectivity index (χ2n) is 6.93. The molecule has 0 unspecified atom stereocenters. The van der Waals surface area contributed by atoms with E-state index in [1.165, 1.54) is 12.2 Å². The molecule has 0 bridgehead atoms. The summed E-state index contributed by atoms with van der Waals surface area (Å²) in [6.45, 7) is 0. The average Bonchev–Trinajstić information content (AvgIpc) is 2.70. The van der Waals surface area contributed by atoms with Crippen molar-refractivity contribution < 1.29 is 26.3 Å². The zero-order chi connectivity index (χ0) is 22.7. The van der Waals surface area contributed by atoms with Crippen molar-refractivity contribution in [3.63, 3.8) is 0 Å². The third-order valence-electron chi connectivity index (χ3n) is 4.69. The number of ether oxygens (including phenoxy) is 1. The molecule has 1 N–H and O–H groups in total. The topological polar surface area (TPSA) is 58.6 Å². The van der Waals surface area contributed by atoms with Crippen molar-refractivity contribution in [3.05, 3.63) is 83.7 Å². The highest BCUT2D eigenvalue weighted by atomic mass is 35.5. The summed E-state index contributed by atoms with van der Waals surface area (Å²) >= 11 is 6.42. The number of sulfonamides is 1. The molecule has 10 heteroatoms. The highest BCUT2D eigenvalue weighted by Crippen LogP contribution is 2.35. The van der Waals surface area contributed by atoms with Crippen LogP contribution in [0.4, 0.5) is 13.2 Å². The van der Waals surface area contributed by atoms with Gasteiger partial charge in [0.1, 0.15) is 11.5 Å². The Morgan fingerprint density at radius 2 is 1.71 bits per heavy atom. The Bertz CT molecular complexity index is 1070. The summed E-state index contributed by atoms with van der Waals surface area (Å²) in [7, 11) is -2.92. The maximum Gasteiger partial charge on any atom is 0.404 e. The molecule has 1 heterocycles. The number of nitrogens with zero attached hydrogens (tertiary/aromatic N) is 1. The van der Waals surface area contributed by atoms with Crippen LogP contribution < -0.4 is 10.1 Å². The molecule has 0 atom stereocenters. The van der Waals surface area contributed by atoms with Crippen LogP contribution in [-0.4, -0.2) is 37.2 Å². The lowest BCUT2D eigenvalue weighted by molar-refractivity contribution is -0.106. The Labute approximate surface area is 183 Å². The van der Waals surface area contributed by atoms with E-state index in [4.69, 9.17) is 16.3 Å². The number of hydrogen-bond donors (Lipinski definition) is 1. The second-order valence-corrected chi connectivity index (χ2v) is 9.21. The number of nitrogens with one attached hydrogen (secondary N) is 1. The van der Waals surface area contributed by atoms with E-state index in [-0.39, 0.29) is 6.42 Å². The molecule has 0 aromatic heterocycles. The quantitative estimate of drug-likeness (QED) is 0.624. The van der Waals surface area contributed by atoms with Gasteiger partial charge in [0, 0.05) is 29.4 Å².